The van der Waals surface area contributed by atoms with Crippen molar-refractivity contribution in [2.45, 2.75) is 45.1 Å². The molecule has 4 heteroatoms. The van der Waals surface area contributed by atoms with Crippen LogP contribution in [-0.2, 0) is 18.9 Å². The second kappa shape index (κ2) is 3.22. The summed E-state index contributed by atoms with van der Waals surface area (Å²) in [7, 11) is 1.61. The molecule has 4 nitrogen and oxygen atoms in total. The summed E-state index contributed by atoms with van der Waals surface area (Å²) in [6, 6.07) is 0. The van der Waals surface area contributed by atoms with Gasteiger partial charge >= 0.3 is 0 Å². The van der Waals surface area contributed by atoms with Crippen molar-refractivity contribution in [2.75, 3.05) is 7.11 Å². The zero-order chi connectivity index (χ0) is 10.3. The Morgan fingerprint density at radius 1 is 1.36 bits per heavy atom. The summed E-state index contributed by atoms with van der Waals surface area (Å²) in [4.78, 5) is 0. The van der Waals surface area contributed by atoms with Gasteiger partial charge in [0.05, 0.1) is 5.76 Å². The molecule has 0 aliphatic carbocycles. The first-order valence-corrected chi connectivity index (χ1v) is 4.75. The van der Waals surface area contributed by atoms with Gasteiger partial charge in [-0.2, -0.15) is 0 Å². The lowest BCUT2D eigenvalue weighted by Crippen LogP contribution is -2.40. The van der Waals surface area contributed by atoms with Crippen LogP contribution in [0.1, 0.15) is 20.8 Å². The fraction of sp³-hybridized carbons (Fsp3) is 0.800. The summed E-state index contributed by atoms with van der Waals surface area (Å²) in [6.45, 7) is 5.67. The van der Waals surface area contributed by atoms with Gasteiger partial charge in [0.25, 0.3) is 0 Å². The number of rotatable bonds is 1. The standard InChI is InChI=1S/C10H16O4/c1-6-5-7-8(9(11-4)12-6)14-10(2,3)13-7/h5,7-9H,1-4H3/t7-,8-,9-/m1/s1. The van der Waals surface area contributed by atoms with Crippen LogP contribution in [0.4, 0.5) is 0 Å². The first-order chi connectivity index (χ1) is 6.52. The molecule has 0 saturated carbocycles. The number of ether oxygens (including phenoxy) is 4. The van der Waals surface area contributed by atoms with Gasteiger partial charge in [0, 0.05) is 7.11 Å². The predicted molar refractivity (Wildman–Crippen MR) is 49.5 cm³/mol. The second-order valence-corrected chi connectivity index (χ2v) is 4.06. The zero-order valence-electron chi connectivity index (χ0n) is 8.94. The van der Waals surface area contributed by atoms with Gasteiger partial charge in [0.1, 0.15) is 6.10 Å². The van der Waals surface area contributed by atoms with Gasteiger partial charge in [-0.25, -0.2) is 0 Å². The van der Waals surface area contributed by atoms with Crippen LogP contribution >= 0.6 is 0 Å². The van der Waals surface area contributed by atoms with Gasteiger partial charge in [-0.15, -0.1) is 0 Å². The Morgan fingerprint density at radius 2 is 2.07 bits per heavy atom. The fourth-order valence-electron chi connectivity index (χ4n) is 1.86. The highest BCUT2D eigenvalue weighted by Crippen LogP contribution is 2.35. The highest BCUT2D eigenvalue weighted by atomic mass is 16.8. The smallest absolute Gasteiger partial charge is 0.228 e. The normalized spacial score (nSPS) is 40.0. The van der Waals surface area contributed by atoms with Gasteiger partial charge in [-0.1, -0.05) is 0 Å². The monoisotopic (exact) mass is 200 g/mol. The Hall–Kier alpha value is -0.580. The molecule has 2 heterocycles. The minimum absolute atomic E-state index is 0.0660. The quantitative estimate of drug-likeness (QED) is 0.641. The molecule has 0 unspecified atom stereocenters. The molecule has 2 aliphatic heterocycles. The maximum atomic E-state index is 5.70. The van der Waals surface area contributed by atoms with Crippen molar-refractivity contribution < 1.29 is 18.9 Å². The Labute approximate surface area is 83.8 Å². The van der Waals surface area contributed by atoms with Crippen molar-refractivity contribution in [3.63, 3.8) is 0 Å². The Bertz CT molecular complexity index is 259. The maximum absolute atomic E-state index is 5.70. The predicted octanol–water partition coefficient (Wildman–Crippen LogP) is 1.41. The van der Waals surface area contributed by atoms with Crippen LogP contribution in [0.5, 0.6) is 0 Å². The summed E-state index contributed by atoms with van der Waals surface area (Å²) in [5.74, 6) is 0.260. The summed E-state index contributed by atoms with van der Waals surface area (Å²) in [5.41, 5.74) is 0. The highest BCUT2D eigenvalue weighted by molar-refractivity contribution is 5.06. The van der Waals surface area contributed by atoms with Gasteiger partial charge in [0.15, 0.2) is 11.9 Å². The van der Waals surface area contributed by atoms with Crippen molar-refractivity contribution in [3.8, 4) is 0 Å². The largest absolute Gasteiger partial charge is 0.467 e. The molecule has 0 radical (unpaired) electrons. The Kier molecular flexibility index (Phi) is 2.29. The molecule has 2 aliphatic rings. The molecule has 2 rings (SSSR count). The highest BCUT2D eigenvalue weighted by Gasteiger charge is 2.47. The van der Waals surface area contributed by atoms with E-state index in [1.54, 1.807) is 7.11 Å². The number of hydrogen-bond acceptors (Lipinski definition) is 4. The van der Waals surface area contributed by atoms with Crippen molar-refractivity contribution in [3.05, 3.63) is 11.8 Å². The topological polar surface area (TPSA) is 36.9 Å². The Balaban J connectivity index is 2.20. The van der Waals surface area contributed by atoms with E-state index in [1.165, 1.54) is 0 Å². The first kappa shape index (κ1) is 9.96. The lowest BCUT2D eigenvalue weighted by atomic mass is 10.1. The number of allylic oxidation sites excluding steroid dienone is 1. The molecule has 0 aromatic carbocycles. The van der Waals surface area contributed by atoms with E-state index in [-0.39, 0.29) is 18.5 Å². The minimum atomic E-state index is -0.559. The number of hydrogen-bond donors (Lipinski definition) is 0. The number of fused-ring (bicyclic) bond motifs is 1. The average Bonchev–Trinajstić information content (AvgIpc) is 2.37. The molecule has 0 spiro atoms. The molecule has 0 amide bonds. The van der Waals surface area contributed by atoms with E-state index in [2.05, 4.69) is 0 Å². The van der Waals surface area contributed by atoms with E-state index >= 15 is 0 Å². The van der Waals surface area contributed by atoms with Crippen LogP contribution in [0.25, 0.3) is 0 Å². The summed E-state index contributed by atoms with van der Waals surface area (Å²) in [5, 5.41) is 0. The SMILES string of the molecule is CO[C@@H]1OC(C)=C[C@H]2OC(C)(C)O[C@@H]12. The van der Waals surface area contributed by atoms with Crippen LogP contribution in [0, 0.1) is 0 Å². The molecule has 1 fully saturated rings. The minimum Gasteiger partial charge on any atom is -0.467 e. The van der Waals surface area contributed by atoms with Crippen LogP contribution in [-0.4, -0.2) is 31.4 Å². The third kappa shape index (κ3) is 1.65. The zero-order valence-corrected chi connectivity index (χ0v) is 8.94. The fourth-order valence-corrected chi connectivity index (χ4v) is 1.86. The molecule has 0 N–H and O–H groups in total. The number of methoxy groups -OCH3 is 1. The third-order valence-electron chi connectivity index (χ3n) is 2.37. The van der Waals surface area contributed by atoms with E-state index in [0.717, 1.165) is 5.76 Å². The lowest BCUT2D eigenvalue weighted by molar-refractivity contribution is -0.199. The van der Waals surface area contributed by atoms with Crippen LogP contribution in [0.3, 0.4) is 0 Å². The molecule has 14 heavy (non-hydrogen) atoms. The van der Waals surface area contributed by atoms with E-state index in [1.807, 2.05) is 26.8 Å². The van der Waals surface area contributed by atoms with Crippen LogP contribution < -0.4 is 0 Å². The molecular formula is C10H16O4. The van der Waals surface area contributed by atoms with Crippen LogP contribution in [0.15, 0.2) is 11.8 Å². The van der Waals surface area contributed by atoms with E-state index in [0.29, 0.717) is 0 Å². The molecule has 0 bridgehead atoms. The van der Waals surface area contributed by atoms with Gasteiger partial charge in [-0.05, 0) is 26.8 Å². The Morgan fingerprint density at radius 3 is 2.71 bits per heavy atom. The van der Waals surface area contributed by atoms with E-state index < -0.39 is 5.79 Å². The third-order valence-corrected chi connectivity index (χ3v) is 2.37. The van der Waals surface area contributed by atoms with Gasteiger partial charge in [0.2, 0.25) is 6.29 Å². The summed E-state index contributed by atoms with van der Waals surface area (Å²) >= 11 is 0. The van der Waals surface area contributed by atoms with Crippen molar-refractivity contribution in [2.24, 2.45) is 0 Å². The van der Waals surface area contributed by atoms with Crippen molar-refractivity contribution >= 4 is 0 Å². The van der Waals surface area contributed by atoms with Crippen molar-refractivity contribution in [1.29, 1.82) is 0 Å². The summed E-state index contributed by atoms with van der Waals surface area (Å²) in [6.07, 6.45) is 1.32. The van der Waals surface area contributed by atoms with Crippen LogP contribution in [0.2, 0.25) is 0 Å². The molecule has 3 atom stereocenters. The summed E-state index contributed by atoms with van der Waals surface area (Å²) < 4.78 is 22.1. The first-order valence-electron chi connectivity index (χ1n) is 4.75. The van der Waals surface area contributed by atoms with Gasteiger partial charge in [-0.3, -0.25) is 0 Å². The molecule has 0 aromatic heterocycles. The second-order valence-electron chi connectivity index (χ2n) is 4.06. The molecule has 80 valence electrons. The van der Waals surface area contributed by atoms with Crippen molar-refractivity contribution in [1.82, 2.24) is 0 Å². The van der Waals surface area contributed by atoms with Gasteiger partial charge < -0.3 is 18.9 Å². The van der Waals surface area contributed by atoms with E-state index in [9.17, 15) is 0 Å². The van der Waals surface area contributed by atoms with E-state index in [4.69, 9.17) is 18.9 Å². The molecule has 1 saturated heterocycles. The molecule has 0 aromatic rings. The lowest BCUT2D eigenvalue weighted by Gasteiger charge is -2.29. The molecular weight excluding hydrogens is 184 g/mol. The maximum Gasteiger partial charge on any atom is 0.228 e. The average molecular weight is 200 g/mol.